The summed E-state index contributed by atoms with van der Waals surface area (Å²) in [5.74, 6) is -0.535. The SMILES string of the molecule is Cc1ccc(C)c(Sc2c(Cl)cc(N)cc2C(N)=O)c1. The van der Waals surface area contributed by atoms with Crippen molar-refractivity contribution < 1.29 is 4.79 Å². The first-order valence-corrected chi connectivity index (χ1v) is 7.22. The second-order valence-corrected chi connectivity index (χ2v) is 6.07. The lowest BCUT2D eigenvalue weighted by Gasteiger charge is -2.12. The molecule has 2 rings (SSSR count). The normalized spacial score (nSPS) is 10.6. The molecule has 1 amide bonds. The Morgan fingerprint density at radius 1 is 1.20 bits per heavy atom. The van der Waals surface area contributed by atoms with E-state index >= 15 is 0 Å². The van der Waals surface area contributed by atoms with Crippen molar-refractivity contribution in [1.82, 2.24) is 0 Å². The van der Waals surface area contributed by atoms with E-state index < -0.39 is 5.91 Å². The van der Waals surface area contributed by atoms with E-state index in [1.54, 1.807) is 12.1 Å². The fourth-order valence-electron chi connectivity index (χ4n) is 1.83. The molecule has 2 aromatic rings. The second kappa shape index (κ2) is 5.77. The highest BCUT2D eigenvalue weighted by molar-refractivity contribution is 7.99. The smallest absolute Gasteiger partial charge is 0.249 e. The van der Waals surface area contributed by atoms with Crippen LogP contribution < -0.4 is 11.5 Å². The summed E-state index contributed by atoms with van der Waals surface area (Å²) in [5, 5.41) is 0.435. The number of halogens is 1. The Morgan fingerprint density at radius 2 is 1.90 bits per heavy atom. The molecule has 0 spiro atoms. The van der Waals surface area contributed by atoms with Crippen LogP contribution in [0.25, 0.3) is 0 Å². The number of rotatable bonds is 3. The standard InChI is InChI=1S/C15H15ClN2OS/c1-8-3-4-9(2)13(5-8)20-14-11(15(18)19)6-10(17)7-12(14)16/h3-7H,17H2,1-2H3,(H2,18,19). The van der Waals surface area contributed by atoms with Crippen LogP contribution in [-0.4, -0.2) is 5.91 Å². The number of aryl methyl sites for hydroxylation is 2. The Labute approximate surface area is 127 Å². The van der Waals surface area contributed by atoms with Gasteiger partial charge in [-0.15, -0.1) is 0 Å². The van der Waals surface area contributed by atoms with Crippen molar-refractivity contribution in [1.29, 1.82) is 0 Å². The first-order chi connectivity index (χ1) is 9.38. The van der Waals surface area contributed by atoms with Gasteiger partial charge in [-0.2, -0.15) is 0 Å². The highest BCUT2D eigenvalue weighted by Crippen LogP contribution is 2.39. The molecule has 104 valence electrons. The molecule has 4 N–H and O–H groups in total. The van der Waals surface area contributed by atoms with Crippen molar-refractivity contribution in [2.24, 2.45) is 5.73 Å². The lowest BCUT2D eigenvalue weighted by atomic mass is 10.2. The lowest BCUT2D eigenvalue weighted by molar-refractivity contribution is 0.0997. The first-order valence-electron chi connectivity index (χ1n) is 6.02. The van der Waals surface area contributed by atoms with Gasteiger partial charge in [-0.25, -0.2) is 0 Å². The molecule has 0 aliphatic carbocycles. The van der Waals surface area contributed by atoms with Gasteiger partial charge in [0, 0.05) is 15.5 Å². The minimum absolute atomic E-state index is 0.348. The summed E-state index contributed by atoms with van der Waals surface area (Å²) in [4.78, 5) is 13.2. The van der Waals surface area contributed by atoms with Crippen molar-refractivity contribution in [3.8, 4) is 0 Å². The maximum absolute atomic E-state index is 11.6. The van der Waals surface area contributed by atoms with Crippen molar-refractivity contribution in [2.75, 3.05) is 5.73 Å². The number of benzene rings is 2. The molecule has 5 heteroatoms. The Kier molecular flexibility index (Phi) is 4.26. The average molecular weight is 307 g/mol. The number of carbonyl (C=O) groups is 1. The van der Waals surface area contributed by atoms with Crippen LogP contribution in [0.1, 0.15) is 21.5 Å². The number of carbonyl (C=O) groups excluding carboxylic acids is 1. The van der Waals surface area contributed by atoms with Crippen LogP contribution in [0.2, 0.25) is 5.02 Å². The van der Waals surface area contributed by atoms with Gasteiger partial charge in [-0.05, 0) is 43.2 Å². The van der Waals surface area contributed by atoms with Gasteiger partial charge in [0.1, 0.15) is 0 Å². The Morgan fingerprint density at radius 3 is 2.55 bits per heavy atom. The van der Waals surface area contributed by atoms with E-state index in [0.717, 1.165) is 16.0 Å². The van der Waals surface area contributed by atoms with Crippen molar-refractivity contribution in [3.05, 3.63) is 52.0 Å². The van der Waals surface area contributed by atoms with Gasteiger partial charge in [0.2, 0.25) is 5.91 Å². The fraction of sp³-hybridized carbons (Fsp3) is 0.133. The molecule has 0 radical (unpaired) electrons. The van der Waals surface area contributed by atoms with Gasteiger partial charge < -0.3 is 11.5 Å². The van der Waals surface area contributed by atoms with Gasteiger partial charge in [0.15, 0.2) is 0 Å². The molecule has 0 bridgehead atoms. The molecule has 3 nitrogen and oxygen atoms in total. The van der Waals surface area contributed by atoms with E-state index in [4.69, 9.17) is 23.1 Å². The third kappa shape index (κ3) is 3.08. The largest absolute Gasteiger partial charge is 0.399 e. The minimum Gasteiger partial charge on any atom is -0.399 e. The molecule has 0 aliphatic heterocycles. The third-order valence-electron chi connectivity index (χ3n) is 2.89. The maximum Gasteiger partial charge on any atom is 0.249 e. The number of nitrogen functional groups attached to an aromatic ring is 1. The summed E-state index contributed by atoms with van der Waals surface area (Å²) in [5.41, 5.74) is 14.2. The fourth-order valence-corrected chi connectivity index (χ4v) is 3.29. The molecule has 0 heterocycles. The zero-order chi connectivity index (χ0) is 14.9. The van der Waals surface area contributed by atoms with Crippen LogP contribution in [0.5, 0.6) is 0 Å². The molecule has 0 saturated heterocycles. The van der Waals surface area contributed by atoms with Crippen molar-refractivity contribution in [3.63, 3.8) is 0 Å². The van der Waals surface area contributed by atoms with E-state index in [9.17, 15) is 4.79 Å². The molecule has 0 aliphatic rings. The van der Waals surface area contributed by atoms with Crippen LogP contribution in [0.3, 0.4) is 0 Å². The Hall–Kier alpha value is -1.65. The number of nitrogens with two attached hydrogens (primary N) is 2. The van der Waals surface area contributed by atoms with Gasteiger partial charge >= 0.3 is 0 Å². The average Bonchev–Trinajstić information content (AvgIpc) is 2.36. The molecule has 0 aromatic heterocycles. The summed E-state index contributed by atoms with van der Waals surface area (Å²) in [6.45, 7) is 4.03. The number of hydrogen-bond acceptors (Lipinski definition) is 3. The van der Waals surface area contributed by atoms with Crippen LogP contribution in [0.15, 0.2) is 40.1 Å². The molecule has 0 unspecified atom stereocenters. The third-order valence-corrected chi connectivity index (χ3v) is 4.60. The van der Waals surface area contributed by atoms with Crippen LogP contribution in [0.4, 0.5) is 5.69 Å². The van der Waals surface area contributed by atoms with Crippen molar-refractivity contribution in [2.45, 2.75) is 23.6 Å². The highest BCUT2D eigenvalue weighted by atomic mass is 35.5. The molecular formula is C15H15ClN2OS. The molecule has 0 saturated carbocycles. The number of amides is 1. The monoisotopic (exact) mass is 306 g/mol. The van der Waals surface area contributed by atoms with Gasteiger partial charge in [-0.1, -0.05) is 35.5 Å². The van der Waals surface area contributed by atoms with Gasteiger partial charge in [0.05, 0.1) is 10.6 Å². The number of hydrogen-bond donors (Lipinski definition) is 2. The first kappa shape index (κ1) is 14.8. The van der Waals surface area contributed by atoms with Crippen LogP contribution in [0, 0.1) is 13.8 Å². The summed E-state index contributed by atoms with van der Waals surface area (Å²) in [6.07, 6.45) is 0. The van der Waals surface area contributed by atoms with E-state index in [1.165, 1.54) is 11.8 Å². The zero-order valence-corrected chi connectivity index (χ0v) is 12.8. The van der Waals surface area contributed by atoms with E-state index in [1.807, 2.05) is 26.0 Å². The lowest BCUT2D eigenvalue weighted by Crippen LogP contribution is -2.13. The van der Waals surface area contributed by atoms with Crippen LogP contribution >= 0.6 is 23.4 Å². The Balaban J connectivity index is 2.53. The molecule has 2 aromatic carbocycles. The molecule has 0 atom stereocenters. The summed E-state index contributed by atoms with van der Waals surface area (Å²) in [6, 6.07) is 9.31. The predicted octanol–water partition coefficient (Wildman–Crippen LogP) is 3.79. The summed E-state index contributed by atoms with van der Waals surface area (Å²) in [7, 11) is 0. The topological polar surface area (TPSA) is 69.1 Å². The highest BCUT2D eigenvalue weighted by Gasteiger charge is 2.15. The minimum atomic E-state index is -0.535. The van der Waals surface area contributed by atoms with Crippen molar-refractivity contribution >= 4 is 35.0 Å². The van der Waals surface area contributed by atoms with Gasteiger partial charge in [0.25, 0.3) is 0 Å². The molecule has 0 fully saturated rings. The van der Waals surface area contributed by atoms with Gasteiger partial charge in [-0.3, -0.25) is 4.79 Å². The van der Waals surface area contributed by atoms with E-state index in [0.29, 0.717) is 21.2 Å². The zero-order valence-electron chi connectivity index (χ0n) is 11.2. The predicted molar refractivity (Wildman–Crippen MR) is 84.4 cm³/mol. The molecule has 20 heavy (non-hydrogen) atoms. The second-order valence-electron chi connectivity index (χ2n) is 4.61. The number of anilines is 1. The number of primary amides is 1. The quantitative estimate of drug-likeness (QED) is 0.848. The summed E-state index contributed by atoms with van der Waals surface area (Å²) < 4.78 is 0. The van der Waals surface area contributed by atoms with E-state index in [-0.39, 0.29) is 0 Å². The molecular weight excluding hydrogens is 292 g/mol. The van der Waals surface area contributed by atoms with Crippen LogP contribution in [-0.2, 0) is 0 Å². The Bertz CT molecular complexity index is 686. The summed E-state index contributed by atoms with van der Waals surface area (Å²) >= 11 is 7.64. The van der Waals surface area contributed by atoms with E-state index in [2.05, 4.69) is 6.07 Å². The maximum atomic E-state index is 11.6.